The minimum atomic E-state index is -1.73. The van der Waals surface area contributed by atoms with Gasteiger partial charge in [-0.15, -0.1) is 0 Å². The van der Waals surface area contributed by atoms with Gasteiger partial charge in [0, 0.05) is 5.92 Å². The Morgan fingerprint density at radius 1 is 1.25 bits per heavy atom. The SMILES string of the molecule is CC(O)(CC[C@H](C[C@@H](O)CCc1ccccc1)C(=O)NO)C(N)=O. The normalized spacial score (nSPS) is 16.0. The van der Waals surface area contributed by atoms with Gasteiger partial charge in [0.25, 0.3) is 0 Å². The summed E-state index contributed by atoms with van der Waals surface area (Å²) in [6, 6.07) is 9.64. The third-order valence-electron chi connectivity index (χ3n) is 4.16. The second-order valence-corrected chi connectivity index (χ2v) is 6.26. The maximum Gasteiger partial charge on any atom is 0.249 e. The van der Waals surface area contributed by atoms with Crippen molar-refractivity contribution in [2.45, 2.75) is 50.7 Å². The van der Waals surface area contributed by atoms with E-state index in [0.29, 0.717) is 12.8 Å². The first kappa shape index (κ1) is 20.1. The summed E-state index contributed by atoms with van der Waals surface area (Å²) in [5, 5.41) is 28.8. The molecule has 2 amide bonds. The molecule has 0 aromatic heterocycles. The molecule has 1 unspecified atom stereocenters. The molecular formula is C17H26N2O5. The fraction of sp³-hybridized carbons (Fsp3) is 0.529. The molecule has 0 aliphatic rings. The van der Waals surface area contributed by atoms with Crippen molar-refractivity contribution in [3.05, 3.63) is 35.9 Å². The van der Waals surface area contributed by atoms with Gasteiger partial charge in [-0.25, -0.2) is 5.48 Å². The lowest BCUT2D eigenvalue weighted by Gasteiger charge is -2.23. The van der Waals surface area contributed by atoms with Crippen LogP contribution in [0.15, 0.2) is 30.3 Å². The van der Waals surface area contributed by atoms with Gasteiger partial charge in [0.1, 0.15) is 5.60 Å². The summed E-state index contributed by atoms with van der Waals surface area (Å²) in [6.45, 7) is 1.27. The van der Waals surface area contributed by atoms with Crippen molar-refractivity contribution in [3.8, 4) is 0 Å². The van der Waals surface area contributed by atoms with Crippen LogP contribution < -0.4 is 11.2 Å². The number of rotatable bonds is 10. The predicted molar refractivity (Wildman–Crippen MR) is 87.9 cm³/mol. The highest BCUT2D eigenvalue weighted by molar-refractivity contribution is 5.82. The van der Waals surface area contributed by atoms with Crippen molar-refractivity contribution in [2.24, 2.45) is 11.7 Å². The highest BCUT2D eigenvalue weighted by atomic mass is 16.5. The number of hydroxylamine groups is 1. The number of hydrogen-bond donors (Lipinski definition) is 5. The summed E-state index contributed by atoms with van der Waals surface area (Å²) >= 11 is 0. The Morgan fingerprint density at radius 3 is 2.42 bits per heavy atom. The van der Waals surface area contributed by atoms with Gasteiger partial charge in [-0.3, -0.25) is 14.8 Å². The van der Waals surface area contributed by atoms with Crippen molar-refractivity contribution in [3.63, 3.8) is 0 Å². The summed E-state index contributed by atoms with van der Waals surface area (Å²) < 4.78 is 0. The van der Waals surface area contributed by atoms with Gasteiger partial charge < -0.3 is 15.9 Å². The van der Waals surface area contributed by atoms with Gasteiger partial charge in [0.15, 0.2) is 0 Å². The maximum absolute atomic E-state index is 11.7. The summed E-state index contributed by atoms with van der Waals surface area (Å²) in [7, 11) is 0. The lowest BCUT2D eigenvalue weighted by atomic mass is 9.88. The molecule has 0 heterocycles. The van der Waals surface area contributed by atoms with E-state index in [9.17, 15) is 19.8 Å². The predicted octanol–water partition coefficient (Wildman–Crippen LogP) is 0.508. The molecule has 0 bridgehead atoms. The molecule has 1 aromatic rings. The number of carbonyl (C=O) groups excluding carboxylic acids is 2. The van der Waals surface area contributed by atoms with Gasteiger partial charge in [0.05, 0.1) is 6.10 Å². The van der Waals surface area contributed by atoms with Crippen molar-refractivity contribution < 1.29 is 25.0 Å². The summed E-state index contributed by atoms with van der Waals surface area (Å²) in [4.78, 5) is 22.9. The topological polar surface area (TPSA) is 133 Å². The molecule has 7 heteroatoms. The van der Waals surface area contributed by atoms with Crippen LogP contribution in [-0.4, -0.2) is 38.9 Å². The Balaban J connectivity index is 2.55. The third-order valence-corrected chi connectivity index (χ3v) is 4.16. The molecule has 24 heavy (non-hydrogen) atoms. The van der Waals surface area contributed by atoms with Crippen LogP contribution in [0.4, 0.5) is 0 Å². The van der Waals surface area contributed by atoms with E-state index in [1.807, 2.05) is 30.3 Å². The number of aliphatic hydroxyl groups excluding tert-OH is 1. The number of amides is 2. The monoisotopic (exact) mass is 338 g/mol. The molecule has 7 nitrogen and oxygen atoms in total. The maximum atomic E-state index is 11.7. The van der Waals surface area contributed by atoms with Crippen LogP contribution in [0.1, 0.15) is 38.2 Å². The lowest BCUT2D eigenvalue weighted by molar-refractivity contribution is -0.139. The Morgan fingerprint density at radius 2 is 1.88 bits per heavy atom. The number of nitrogens with two attached hydrogens (primary N) is 1. The van der Waals surface area contributed by atoms with Crippen LogP contribution >= 0.6 is 0 Å². The van der Waals surface area contributed by atoms with E-state index >= 15 is 0 Å². The molecule has 3 atom stereocenters. The minimum Gasteiger partial charge on any atom is -0.393 e. The number of benzene rings is 1. The van der Waals surface area contributed by atoms with Crippen LogP contribution in [0.25, 0.3) is 0 Å². The standard InChI is InChI=1S/C17H26N2O5/c1-17(23,16(18)22)10-9-13(15(21)19-24)11-14(20)8-7-12-5-3-2-4-6-12/h2-6,13-14,20,23-24H,7-11H2,1H3,(H2,18,22)(H,19,21)/t13-,14+,17?/m1/s1. The van der Waals surface area contributed by atoms with E-state index in [1.54, 1.807) is 5.48 Å². The average Bonchev–Trinajstić information content (AvgIpc) is 2.56. The van der Waals surface area contributed by atoms with E-state index < -0.39 is 29.4 Å². The molecule has 0 spiro atoms. The first-order valence-electron chi connectivity index (χ1n) is 7.94. The molecule has 0 radical (unpaired) electrons. The van der Waals surface area contributed by atoms with Crippen molar-refractivity contribution in [1.82, 2.24) is 5.48 Å². The van der Waals surface area contributed by atoms with Crippen LogP contribution in [0.2, 0.25) is 0 Å². The second-order valence-electron chi connectivity index (χ2n) is 6.26. The molecule has 0 fully saturated rings. The van der Waals surface area contributed by atoms with E-state index in [1.165, 1.54) is 6.92 Å². The summed E-state index contributed by atoms with van der Waals surface area (Å²) in [5.74, 6) is -2.27. The van der Waals surface area contributed by atoms with Gasteiger partial charge in [-0.05, 0) is 44.6 Å². The number of carbonyl (C=O) groups is 2. The first-order chi connectivity index (χ1) is 11.3. The molecule has 0 aliphatic carbocycles. The van der Waals surface area contributed by atoms with Crippen molar-refractivity contribution >= 4 is 11.8 Å². The largest absolute Gasteiger partial charge is 0.393 e. The molecule has 1 rings (SSSR count). The zero-order valence-corrected chi connectivity index (χ0v) is 13.8. The summed E-state index contributed by atoms with van der Waals surface area (Å²) in [6.07, 6.45) is 0.580. The second kappa shape index (κ2) is 9.36. The van der Waals surface area contributed by atoms with Crippen LogP contribution in [0.3, 0.4) is 0 Å². The van der Waals surface area contributed by atoms with Crippen molar-refractivity contribution in [1.29, 1.82) is 0 Å². The fourth-order valence-corrected chi connectivity index (χ4v) is 2.45. The van der Waals surface area contributed by atoms with Gasteiger partial charge >= 0.3 is 0 Å². The number of aliphatic hydroxyl groups is 2. The molecule has 0 saturated heterocycles. The first-order valence-corrected chi connectivity index (χ1v) is 7.94. The number of nitrogens with one attached hydrogen (secondary N) is 1. The minimum absolute atomic E-state index is 0.0359. The quantitative estimate of drug-likeness (QED) is 0.313. The van der Waals surface area contributed by atoms with Gasteiger partial charge in [-0.2, -0.15) is 0 Å². The van der Waals surface area contributed by atoms with E-state index in [-0.39, 0.29) is 19.3 Å². The van der Waals surface area contributed by atoms with E-state index in [2.05, 4.69) is 0 Å². The van der Waals surface area contributed by atoms with E-state index in [4.69, 9.17) is 10.9 Å². The molecular weight excluding hydrogens is 312 g/mol. The van der Waals surface area contributed by atoms with Crippen molar-refractivity contribution in [2.75, 3.05) is 0 Å². The van der Waals surface area contributed by atoms with E-state index in [0.717, 1.165) is 5.56 Å². The van der Waals surface area contributed by atoms with Crippen LogP contribution in [-0.2, 0) is 16.0 Å². The zero-order chi connectivity index (χ0) is 18.2. The highest BCUT2D eigenvalue weighted by Crippen LogP contribution is 2.22. The average molecular weight is 338 g/mol. The number of hydrogen-bond acceptors (Lipinski definition) is 5. The van der Waals surface area contributed by atoms with Gasteiger partial charge in [-0.1, -0.05) is 30.3 Å². The van der Waals surface area contributed by atoms with Crippen LogP contribution in [0, 0.1) is 5.92 Å². The molecule has 1 aromatic carbocycles. The fourth-order valence-electron chi connectivity index (χ4n) is 2.45. The highest BCUT2D eigenvalue weighted by Gasteiger charge is 2.31. The smallest absolute Gasteiger partial charge is 0.249 e. The Labute approximate surface area is 141 Å². The lowest BCUT2D eigenvalue weighted by Crippen LogP contribution is -2.42. The number of aryl methyl sites for hydroxylation is 1. The van der Waals surface area contributed by atoms with Gasteiger partial charge in [0.2, 0.25) is 11.8 Å². The number of primary amides is 1. The molecule has 134 valence electrons. The zero-order valence-electron chi connectivity index (χ0n) is 13.8. The Kier molecular flexibility index (Phi) is 7.84. The molecule has 0 aliphatic heterocycles. The van der Waals surface area contributed by atoms with Crippen LogP contribution in [0.5, 0.6) is 0 Å². The Hall–Kier alpha value is -1.96. The Bertz CT molecular complexity index is 533. The third kappa shape index (κ3) is 6.66. The summed E-state index contributed by atoms with van der Waals surface area (Å²) in [5.41, 5.74) is 6.00. The molecule has 6 N–H and O–H groups in total. The molecule has 0 saturated carbocycles.